The Morgan fingerprint density at radius 2 is 2.00 bits per heavy atom. The molecule has 0 radical (unpaired) electrons. The summed E-state index contributed by atoms with van der Waals surface area (Å²) in [7, 11) is 0. The van der Waals surface area contributed by atoms with Crippen LogP contribution < -0.4 is 9.46 Å². The standard InChI is InChI=1S/C25H32FNO2S/c1-6-19-20(8-7-9-22(19)26)21-15-17(25(3,4)24(28)27-30-5)11-13-23(21)29-18-12-10-16(2)14-18/h7-9,11,13,15-16,18H,6,10,12,14H2,1-5H3,(H,27,28)/t16-,18-/m1/s1. The summed E-state index contributed by atoms with van der Waals surface area (Å²) in [6, 6.07) is 11.1. The van der Waals surface area contributed by atoms with Crippen LogP contribution in [0.25, 0.3) is 11.1 Å². The van der Waals surface area contributed by atoms with Gasteiger partial charge in [0.15, 0.2) is 0 Å². The summed E-state index contributed by atoms with van der Waals surface area (Å²) in [6.45, 7) is 8.02. The second-order valence-corrected chi connectivity index (χ2v) is 9.36. The number of rotatable bonds is 7. The Bertz CT molecular complexity index is 912. The number of nitrogens with one attached hydrogen (secondary N) is 1. The van der Waals surface area contributed by atoms with E-state index >= 15 is 0 Å². The average Bonchev–Trinajstić information content (AvgIpc) is 3.12. The van der Waals surface area contributed by atoms with Crippen LogP contribution in [0.1, 0.15) is 58.1 Å². The molecule has 0 heterocycles. The smallest absolute Gasteiger partial charge is 0.239 e. The summed E-state index contributed by atoms with van der Waals surface area (Å²) in [5.41, 5.74) is 2.51. The fourth-order valence-corrected chi connectivity index (χ4v) is 4.64. The minimum absolute atomic E-state index is 0.0609. The van der Waals surface area contributed by atoms with E-state index in [1.54, 1.807) is 6.07 Å². The third kappa shape index (κ3) is 4.66. The van der Waals surface area contributed by atoms with Crippen molar-refractivity contribution in [3.63, 3.8) is 0 Å². The predicted molar refractivity (Wildman–Crippen MR) is 123 cm³/mol. The van der Waals surface area contributed by atoms with Crippen LogP contribution in [-0.2, 0) is 16.6 Å². The monoisotopic (exact) mass is 429 g/mol. The van der Waals surface area contributed by atoms with E-state index in [1.807, 2.05) is 51.3 Å². The fourth-order valence-electron chi connectivity index (χ4n) is 4.20. The maximum Gasteiger partial charge on any atom is 0.239 e. The summed E-state index contributed by atoms with van der Waals surface area (Å²) in [5.74, 6) is 1.15. The predicted octanol–water partition coefficient (Wildman–Crippen LogP) is 6.29. The van der Waals surface area contributed by atoms with Gasteiger partial charge in [0.1, 0.15) is 11.6 Å². The number of benzene rings is 2. The molecule has 1 fully saturated rings. The van der Waals surface area contributed by atoms with Gasteiger partial charge < -0.3 is 4.74 Å². The lowest BCUT2D eigenvalue weighted by molar-refractivity contribution is -0.123. The van der Waals surface area contributed by atoms with Crippen molar-refractivity contribution in [3.05, 3.63) is 53.3 Å². The highest BCUT2D eigenvalue weighted by molar-refractivity contribution is 7.97. The number of carbonyl (C=O) groups excluding carboxylic acids is 1. The Labute approximate surface area is 183 Å². The molecule has 0 aromatic heterocycles. The lowest BCUT2D eigenvalue weighted by Crippen LogP contribution is -2.36. The molecule has 0 spiro atoms. The van der Waals surface area contributed by atoms with Gasteiger partial charge in [-0.15, -0.1) is 0 Å². The Balaban J connectivity index is 2.10. The molecule has 1 saturated carbocycles. The topological polar surface area (TPSA) is 38.3 Å². The van der Waals surface area contributed by atoms with E-state index < -0.39 is 5.41 Å². The molecule has 0 saturated heterocycles. The van der Waals surface area contributed by atoms with E-state index in [0.717, 1.165) is 35.3 Å². The summed E-state index contributed by atoms with van der Waals surface area (Å²) in [4.78, 5) is 12.7. The molecule has 2 aromatic rings. The molecule has 2 atom stereocenters. The van der Waals surface area contributed by atoms with E-state index in [-0.39, 0.29) is 17.8 Å². The molecule has 3 nitrogen and oxygen atoms in total. The first-order valence-corrected chi connectivity index (χ1v) is 11.9. The average molecular weight is 430 g/mol. The van der Waals surface area contributed by atoms with Crippen molar-refractivity contribution in [3.8, 4) is 16.9 Å². The van der Waals surface area contributed by atoms with Crippen LogP contribution >= 0.6 is 11.9 Å². The van der Waals surface area contributed by atoms with Gasteiger partial charge in [-0.25, -0.2) is 4.39 Å². The zero-order chi connectivity index (χ0) is 21.9. The Morgan fingerprint density at radius 1 is 1.23 bits per heavy atom. The van der Waals surface area contributed by atoms with Crippen molar-refractivity contribution in [2.75, 3.05) is 6.26 Å². The molecule has 0 unspecified atom stereocenters. The van der Waals surface area contributed by atoms with Crippen LogP contribution in [0.4, 0.5) is 4.39 Å². The lowest BCUT2D eigenvalue weighted by atomic mass is 9.82. The highest BCUT2D eigenvalue weighted by atomic mass is 32.2. The molecular formula is C25H32FNO2S. The highest BCUT2D eigenvalue weighted by Gasteiger charge is 2.31. The molecule has 1 aliphatic carbocycles. The largest absolute Gasteiger partial charge is 0.490 e. The van der Waals surface area contributed by atoms with Crippen LogP contribution in [0.3, 0.4) is 0 Å². The van der Waals surface area contributed by atoms with Crippen LogP contribution in [-0.4, -0.2) is 18.3 Å². The summed E-state index contributed by atoms with van der Waals surface area (Å²) >= 11 is 1.29. The summed E-state index contributed by atoms with van der Waals surface area (Å²) in [5, 5.41) is 0. The molecule has 30 heavy (non-hydrogen) atoms. The first kappa shape index (κ1) is 22.7. The van der Waals surface area contributed by atoms with E-state index in [1.165, 1.54) is 24.4 Å². The number of hydrogen-bond acceptors (Lipinski definition) is 3. The van der Waals surface area contributed by atoms with Crippen LogP contribution in [0.2, 0.25) is 0 Å². The van der Waals surface area contributed by atoms with Crippen LogP contribution in [0.5, 0.6) is 5.75 Å². The van der Waals surface area contributed by atoms with Crippen LogP contribution in [0, 0.1) is 11.7 Å². The van der Waals surface area contributed by atoms with Crippen molar-refractivity contribution in [2.24, 2.45) is 5.92 Å². The number of hydrogen-bond donors (Lipinski definition) is 1. The third-order valence-electron chi connectivity index (χ3n) is 6.17. The van der Waals surface area contributed by atoms with Gasteiger partial charge in [0.2, 0.25) is 5.91 Å². The number of amides is 1. The molecule has 2 aromatic carbocycles. The fraction of sp³-hybridized carbons (Fsp3) is 0.480. The summed E-state index contributed by atoms with van der Waals surface area (Å²) in [6.07, 6.45) is 5.83. The molecule has 0 bridgehead atoms. The molecule has 1 amide bonds. The summed E-state index contributed by atoms with van der Waals surface area (Å²) < 4.78 is 23.8. The molecule has 5 heteroatoms. The van der Waals surface area contributed by atoms with Gasteiger partial charge in [0.05, 0.1) is 11.5 Å². The van der Waals surface area contributed by atoms with Gasteiger partial charge in [-0.05, 0) is 80.3 Å². The van der Waals surface area contributed by atoms with E-state index in [4.69, 9.17) is 4.74 Å². The molecular weight excluding hydrogens is 397 g/mol. The lowest BCUT2D eigenvalue weighted by Gasteiger charge is -2.26. The van der Waals surface area contributed by atoms with Crippen molar-refractivity contribution >= 4 is 17.9 Å². The van der Waals surface area contributed by atoms with Crippen molar-refractivity contribution in [2.45, 2.75) is 64.9 Å². The Kier molecular flexibility index (Phi) is 7.12. The van der Waals surface area contributed by atoms with Crippen molar-refractivity contribution in [1.82, 2.24) is 4.72 Å². The first-order chi connectivity index (χ1) is 14.3. The molecule has 1 aliphatic rings. The molecule has 0 aliphatic heterocycles. The van der Waals surface area contributed by atoms with E-state index in [0.29, 0.717) is 17.9 Å². The van der Waals surface area contributed by atoms with Crippen LogP contribution in [0.15, 0.2) is 36.4 Å². The first-order valence-electron chi connectivity index (χ1n) is 10.7. The SMILES string of the molecule is CCc1c(F)cccc1-c1cc(C(C)(C)C(=O)NSC)ccc1O[C@@H]1CC[C@@H](C)C1. The van der Waals surface area contributed by atoms with E-state index in [2.05, 4.69) is 11.6 Å². The third-order valence-corrected chi connectivity index (χ3v) is 6.56. The maximum atomic E-state index is 14.6. The Morgan fingerprint density at radius 3 is 2.63 bits per heavy atom. The van der Waals surface area contributed by atoms with Gasteiger partial charge in [0.25, 0.3) is 0 Å². The normalized spacial score (nSPS) is 19.0. The van der Waals surface area contributed by atoms with E-state index in [9.17, 15) is 9.18 Å². The second kappa shape index (κ2) is 9.42. The zero-order valence-electron chi connectivity index (χ0n) is 18.5. The quantitative estimate of drug-likeness (QED) is 0.525. The zero-order valence-corrected chi connectivity index (χ0v) is 19.4. The minimum Gasteiger partial charge on any atom is -0.490 e. The highest BCUT2D eigenvalue weighted by Crippen LogP contribution is 2.40. The van der Waals surface area contributed by atoms with Gasteiger partial charge in [-0.3, -0.25) is 9.52 Å². The molecule has 3 rings (SSSR count). The van der Waals surface area contributed by atoms with Gasteiger partial charge in [0, 0.05) is 11.8 Å². The Hall–Kier alpha value is -2.01. The van der Waals surface area contributed by atoms with Gasteiger partial charge in [-0.1, -0.05) is 44.0 Å². The van der Waals surface area contributed by atoms with Crippen molar-refractivity contribution in [1.29, 1.82) is 0 Å². The number of halogens is 1. The molecule has 162 valence electrons. The second-order valence-electron chi connectivity index (χ2n) is 8.75. The molecule has 1 N–H and O–H groups in total. The number of carbonyl (C=O) groups is 1. The van der Waals surface area contributed by atoms with Gasteiger partial charge >= 0.3 is 0 Å². The van der Waals surface area contributed by atoms with Crippen molar-refractivity contribution < 1.29 is 13.9 Å². The number of ether oxygens (including phenoxy) is 1. The maximum absolute atomic E-state index is 14.6. The van der Waals surface area contributed by atoms with Gasteiger partial charge in [-0.2, -0.15) is 0 Å². The minimum atomic E-state index is -0.724.